The number of non-ortho nitro benzene ring substituents is 1. The lowest BCUT2D eigenvalue weighted by atomic mass is 10.2. The summed E-state index contributed by atoms with van der Waals surface area (Å²) in [6.07, 6.45) is 1.17. The highest BCUT2D eigenvalue weighted by Crippen LogP contribution is 2.20. The van der Waals surface area contributed by atoms with Gasteiger partial charge in [-0.25, -0.2) is 8.42 Å². The Hall–Kier alpha value is -2.16. The van der Waals surface area contributed by atoms with E-state index in [4.69, 9.17) is 4.74 Å². The van der Waals surface area contributed by atoms with Crippen LogP contribution in [0.2, 0.25) is 0 Å². The third-order valence-electron chi connectivity index (χ3n) is 3.84. The van der Waals surface area contributed by atoms with E-state index in [1.807, 2.05) is 6.92 Å². The summed E-state index contributed by atoms with van der Waals surface area (Å²) in [5.41, 5.74) is -0.0579. The first-order valence-electron chi connectivity index (χ1n) is 7.69. The Morgan fingerprint density at radius 2 is 2.04 bits per heavy atom. The standard InChI is InChI=1S/C15H20N2O6S/c1-2-8-16(13-7-9-24(21,22)11-13)15(18)10-23-14-5-3-12(4-6-14)17(19)20/h3-6,13H,2,7-11H2,1H3/t13-/m1/s1. The third kappa shape index (κ3) is 4.67. The first-order valence-corrected chi connectivity index (χ1v) is 9.51. The van der Waals surface area contributed by atoms with E-state index in [1.54, 1.807) is 4.90 Å². The van der Waals surface area contributed by atoms with E-state index in [9.17, 15) is 23.3 Å². The second-order valence-electron chi connectivity index (χ2n) is 5.68. The zero-order chi connectivity index (χ0) is 17.7. The Morgan fingerprint density at radius 1 is 1.38 bits per heavy atom. The summed E-state index contributed by atoms with van der Waals surface area (Å²) < 4.78 is 28.6. The molecule has 9 heteroatoms. The van der Waals surface area contributed by atoms with Crippen molar-refractivity contribution in [2.24, 2.45) is 0 Å². The van der Waals surface area contributed by atoms with Crippen molar-refractivity contribution < 1.29 is 22.9 Å². The third-order valence-corrected chi connectivity index (χ3v) is 5.59. The van der Waals surface area contributed by atoms with Crippen LogP contribution in [0.15, 0.2) is 24.3 Å². The van der Waals surface area contributed by atoms with Crippen molar-refractivity contribution in [1.82, 2.24) is 4.90 Å². The van der Waals surface area contributed by atoms with Crippen LogP contribution in [-0.2, 0) is 14.6 Å². The quantitative estimate of drug-likeness (QED) is 0.540. The summed E-state index contributed by atoms with van der Waals surface area (Å²) in [5, 5.41) is 10.6. The van der Waals surface area contributed by atoms with Gasteiger partial charge in [-0.1, -0.05) is 6.92 Å². The highest BCUT2D eigenvalue weighted by molar-refractivity contribution is 7.91. The maximum absolute atomic E-state index is 12.4. The number of rotatable bonds is 7. The molecule has 0 radical (unpaired) electrons. The molecule has 1 fully saturated rings. The van der Waals surface area contributed by atoms with Gasteiger partial charge in [-0.15, -0.1) is 0 Å². The van der Waals surface area contributed by atoms with Crippen LogP contribution in [0.1, 0.15) is 19.8 Å². The smallest absolute Gasteiger partial charge is 0.269 e. The summed E-state index contributed by atoms with van der Waals surface area (Å²) in [6, 6.07) is 5.15. The van der Waals surface area contributed by atoms with Crippen molar-refractivity contribution in [3.8, 4) is 5.75 Å². The van der Waals surface area contributed by atoms with Crippen molar-refractivity contribution in [2.45, 2.75) is 25.8 Å². The number of nitro groups is 1. The van der Waals surface area contributed by atoms with Gasteiger partial charge in [-0.3, -0.25) is 14.9 Å². The number of nitrogens with zero attached hydrogens (tertiary/aromatic N) is 2. The topological polar surface area (TPSA) is 107 Å². The number of nitro benzene ring substituents is 1. The minimum Gasteiger partial charge on any atom is -0.484 e. The normalized spacial score (nSPS) is 19.0. The fourth-order valence-corrected chi connectivity index (χ4v) is 4.40. The molecule has 1 aliphatic heterocycles. The van der Waals surface area contributed by atoms with E-state index in [0.29, 0.717) is 18.7 Å². The summed E-state index contributed by atoms with van der Waals surface area (Å²) in [7, 11) is -3.07. The van der Waals surface area contributed by atoms with E-state index in [-0.39, 0.29) is 35.7 Å². The van der Waals surface area contributed by atoms with Crippen LogP contribution < -0.4 is 4.74 Å². The van der Waals surface area contributed by atoms with Gasteiger partial charge in [0.1, 0.15) is 5.75 Å². The second kappa shape index (κ2) is 7.61. The number of benzene rings is 1. The van der Waals surface area contributed by atoms with E-state index >= 15 is 0 Å². The predicted molar refractivity (Wildman–Crippen MR) is 87.7 cm³/mol. The SMILES string of the molecule is CCCN(C(=O)COc1ccc([N+](=O)[O-])cc1)[C@@H]1CCS(=O)(=O)C1. The fraction of sp³-hybridized carbons (Fsp3) is 0.533. The number of amides is 1. The molecule has 24 heavy (non-hydrogen) atoms. The molecule has 2 rings (SSSR count). The van der Waals surface area contributed by atoms with Gasteiger partial charge in [0.25, 0.3) is 11.6 Å². The van der Waals surface area contributed by atoms with Gasteiger partial charge in [0.2, 0.25) is 0 Å². The van der Waals surface area contributed by atoms with Crippen LogP contribution in [0.4, 0.5) is 5.69 Å². The molecule has 1 aromatic rings. The molecule has 1 amide bonds. The van der Waals surface area contributed by atoms with Crippen LogP contribution >= 0.6 is 0 Å². The maximum atomic E-state index is 12.4. The van der Waals surface area contributed by atoms with Crippen molar-refractivity contribution in [3.05, 3.63) is 34.4 Å². The zero-order valence-electron chi connectivity index (χ0n) is 13.4. The number of sulfone groups is 1. The molecule has 1 heterocycles. The highest BCUT2D eigenvalue weighted by atomic mass is 32.2. The molecule has 1 atom stereocenters. The van der Waals surface area contributed by atoms with Crippen LogP contribution in [0.5, 0.6) is 5.75 Å². The Bertz CT molecular complexity index is 701. The zero-order valence-corrected chi connectivity index (χ0v) is 14.2. The molecule has 1 aliphatic rings. The molecule has 0 aliphatic carbocycles. The first-order chi connectivity index (χ1) is 11.3. The highest BCUT2D eigenvalue weighted by Gasteiger charge is 2.34. The van der Waals surface area contributed by atoms with Crippen molar-refractivity contribution in [2.75, 3.05) is 24.7 Å². The summed E-state index contributed by atoms with van der Waals surface area (Å²) in [4.78, 5) is 24.0. The molecular formula is C15H20N2O6S. The van der Waals surface area contributed by atoms with E-state index in [0.717, 1.165) is 6.42 Å². The van der Waals surface area contributed by atoms with Crippen LogP contribution in [-0.4, -0.2) is 54.8 Å². The van der Waals surface area contributed by atoms with Gasteiger partial charge in [0, 0.05) is 24.7 Å². The minimum atomic E-state index is -3.07. The van der Waals surface area contributed by atoms with Gasteiger partial charge < -0.3 is 9.64 Å². The Kier molecular flexibility index (Phi) is 5.76. The number of hydrogen-bond donors (Lipinski definition) is 0. The number of carbonyl (C=O) groups is 1. The maximum Gasteiger partial charge on any atom is 0.269 e. The van der Waals surface area contributed by atoms with Gasteiger partial charge in [-0.2, -0.15) is 0 Å². The van der Waals surface area contributed by atoms with Gasteiger partial charge in [0.15, 0.2) is 16.4 Å². The minimum absolute atomic E-state index is 0.00370. The summed E-state index contributed by atoms with van der Waals surface area (Å²) in [5.74, 6) is 0.173. The lowest BCUT2D eigenvalue weighted by Gasteiger charge is -2.27. The molecular weight excluding hydrogens is 336 g/mol. The average molecular weight is 356 g/mol. The van der Waals surface area contributed by atoms with E-state index in [1.165, 1.54) is 24.3 Å². The van der Waals surface area contributed by atoms with Crippen LogP contribution in [0.25, 0.3) is 0 Å². The van der Waals surface area contributed by atoms with Crippen molar-refractivity contribution in [3.63, 3.8) is 0 Å². The van der Waals surface area contributed by atoms with Gasteiger partial charge in [0.05, 0.1) is 16.4 Å². The molecule has 1 saturated heterocycles. The number of hydrogen-bond acceptors (Lipinski definition) is 6. The monoisotopic (exact) mass is 356 g/mol. The molecule has 132 valence electrons. The molecule has 0 N–H and O–H groups in total. The Labute approximate surface area is 140 Å². The average Bonchev–Trinajstić information content (AvgIpc) is 2.90. The lowest BCUT2D eigenvalue weighted by molar-refractivity contribution is -0.384. The Morgan fingerprint density at radius 3 is 2.54 bits per heavy atom. The molecule has 8 nitrogen and oxygen atoms in total. The Balaban J connectivity index is 1.96. The largest absolute Gasteiger partial charge is 0.484 e. The summed E-state index contributed by atoms with van der Waals surface area (Å²) in [6.45, 7) is 2.16. The summed E-state index contributed by atoms with van der Waals surface area (Å²) >= 11 is 0. The molecule has 0 unspecified atom stereocenters. The predicted octanol–water partition coefficient (Wildman–Crippen LogP) is 1.40. The first kappa shape index (κ1) is 18.2. The van der Waals surface area contributed by atoms with Crippen LogP contribution in [0.3, 0.4) is 0 Å². The van der Waals surface area contributed by atoms with Gasteiger partial charge >= 0.3 is 0 Å². The van der Waals surface area contributed by atoms with Crippen molar-refractivity contribution in [1.29, 1.82) is 0 Å². The van der Waals surface area contributed by atoms with E-state index < -0.39 is 14.8 Å². The van der Waals surface area contributed by atoms with Crippen molar-refractivity contribution >= 4 is 21.4 Å². The fourth-order valence-electron chi connectivity index (χ4n) is 2.67. The van der Waals surface area contributed by atoms with Gasteiger partial charge in [-0.05, 0) is 25.0 Å². The molecule has 1 aromatic carbocycles. The second-order valence-corrected chi connectivity index (χ2v) is 7.91. The molecule has 0 spiro atoms. The number of ether oxygens (including phenoxy) is 1. The molecule has 0 saturated carbocycles. The van der Waals surface area contributed by atoms with Crippen LogP contribution in [0, 0.1) is 10.1 Å². The van der Waals surface area contributed by atoms with E-state index in [2.05, 4.69) is 0 Å². The molecule has 0 bridgehead atoms. The number of carbonyl (C=O) groups excluding carboxylic acids is 1. The molecule has 0 aromatic heterocycles. The lowest BCUT2D eigenvalue weighted by Crippen LogP contribution is -2.44.